The van der Waals surface area contributed by atoms with E-state index in [9.17, 15) is 4.79 Å². The van der Waals surface area contributed by atoms with Gasteiger partial charge in [-0.25, -0.2) is 4.98 Å². The second-order valence-corrected chi connectivity index (χ2v) is 9.08. The molecule has 0 saturated carbocycles. The van der Waals surface area contributed by atoms with Crippen LogP contribution in [-0.2, 0) is 9.53 Å². The first kappa shape index (κ1) is 22.8. The first-order valence-corrected chi connectivity index (χ1v) is 12.3. The van der Waals surface area contributed by atoms with E-state index in [2.05, 4.69) is 16.0 Å². The lowest BCUT2D eigenvalue weighted by Gasteiger charge is -2.32. The number of aromatic nitrogens is 1. The fourth-order valence-electron chi connectivity index (χ4n) is 4.94. The van der Waals surface area contributed by atoms with Gasteiger partial charge in [0.25, 0.3) is 0 Å². The number of rotatable bonds is 6. The lowest BCUT2D eigenvalue weighted by Crippen LogP contribution is -2.38. The van der Waals surface area contributed by atoms with Crippen LogP contribution in [0.3, 0.4) is 0 Å². The van der Waals surface area contributed by atoms with E-state index in [0.717, 1.165) is 60.8 Å². The van der Waals surface area contributed by atoms with Gasteiger partial charge in [0.2, 0.25) is 11.8 Å². The molecule has 4 heterocycles. The minimum atomic E-state index is -0.00538. The molecule has 0 N–H and O–H groups in total. The maximum absolute atomic E-state index is 12.9. The van der Waals surface area contributed by atoms with Crippen molar-refractivity contribution in [2.45, 2.75) is 39.2 Å². The Balaban J connectivity index is 1.28. The third-order valence-corrected chi connectivity index (χ3v) is 6.73. The lowest BCUT2D eigenvalue weighted by atomic mass is 9.99. The Hall–Kier alpha value is -3.00. The highest BCUT2D eigenvalue weighted by molar-refractivity contribution is 5.79. The Morgan fingerprint density at radius 2 is 2.00 bits per heavy atom. The molecule has 5 rings (SSSR count). The van der Waals surface area contributed by atoms with Gasteiger partial charge in [-0.15, -0.1) is 0 Å². The normalized spacial score (nSPS) is 20.6. The summed E-state index contributed by atoms with van der Waals surface area (Å²) in [4.78, 5) is 21.5. The number of hydrogen-bond donors (Lipinski definition) is 0. The quantitative estimate of drug-likeness (QED) is 0.641. The third kappa shape index (κ3) is 4.78. The number of pyridine rings is 1. The van der Waals surface area contributed by atoms with Gasteiger partial charge in [0.1, 0.15) is 24.2 Å². The number of carbonyl (C=O) groups excluding carboxylic acids is 1. The van der Waals surface area contributed by atoms with E-state index < -0.39 is 0 Å². The summed E-state index contributed by atoms with van der Waals surface area (Å²) >= 11 is 0. The molecule has 1 aromatic heterocycles. The Morgan fingerprint density at radius 3 is 2.79 bits per heavy atom. The molecule has 1 amide bonds. The molecule has 0 aliphatic carbocycles. The fraction of sp³-hybridized carbons (Fsp3) is 0.538. The highest BCUT2D eigenvalue weighted by atomic mass is 16.5. The Kier molecular flexibility index (Phi) is 6.76. The van der Waals surface area contributed by atoms with Crippen molar-refractivity contribution in [3.8, 4) is 17.4 Å². The van der Waals surface area contributed by atoms with Crippen LogP contribution in [0.15, 0.2) is 30.5 Å². The fourth-order valence-corrected chi connectivity index (χ4v) is 4.94. The number of likely N-dealkylation sites (tertiary alicyclic amines) is 1. The Labute approximate surface area is 200 Å². The Bertz CT molecular complexity index is 1020. The van der Waals surface area contributed by atoms with Gasteiger partial charge >= 0.3 is 0 Å². The molecule has 1 aromatic carbocycles. The van der Waals surface area contributed by atoms with E-state index in [1.807, 2.05) is 43.1 Å². The zero-order valence-corrected chi connectivity index (χ0v) is 20.0. The molecule has 3 aliphatic rings. The second kappa shape index (κ2) is 10.1. The summed E-state index contributed by atoms with van der Waals surface area (Å²) < 4.78 is 23.2. The monoisotopic (exact) mass is 467 g/mol. The third-order valence-electron chi connectivity index (χ3n) is 6.73. The molecule has 2 fully saturated rings. The molecule has 2 saturated heterocycles. The zero-order valence-electron chi connectivity index (χ0n) is 20.0. The summed E-state index contributed by atoms with van der Waals surface area (Å²) in [6.45, 7) is 8.63. The van der Waals surface area contributed by atoms with Crippen LogP contribution in [0.5, 0.6) is 17.4 Å². The number of fused-ring (bicyclic) bond motifs is 1. The van der Waals surface area contributed by atoms with Crippen LogP contribution in [0.4, 0.5) is 11.4 Å². The summed E-state index contributed by atoms with van der Waals surface area (Å²) in [5, 5.41) is 0. The van der Waals surface area contributed by atoms with Crippen LogP contribution in [-0.4, -0.2) is 68.0 Å². The standard InChI is InChI=1S/C26H33N3O5/c1-3-32-25-18(2)14-20(16-27-25)29-10-13-33-24-5-4-21(15-23(24)29)34-22-6-9-28(17-22)26(30)19-7-11-31-12-8-19/h4-5,14-16,19,22H,3,6-13,17H2,1-2H3/t22-/m0/s1. The van der Waals surface area contributed by atoms with Crippen molar-refractivity contribution in [2.75, 3.05) is 51.0 Å². The lowest BCUT2D eigenvalue weighted by molar-refractivity contribution is -0.137. The topological polar surface area (TPSA) is 73.4 Å². The molecule has 34 heavy (non-hydrogen) atoms. The smallest absolute Gasteiger partial charge is 0.225 e. The molecule has 0 bridgehead atoms. The van der Waals surface area contributed by atoms with Gasteiger partial charge in [-0.2, -0.15) is 0 Å². The number of aryl methyl sites for hydroxylation is 1. The number of amides is 1. The number of carbonyl (C=O) groups is 1. The summed E-state index contributed by atoms with van der Waals surface area (Å²) in [5.74, 6) is 2.62. The minimum Gasteiger partial charge on any atom is -0.490 e. The molecule has 0 radical (unpaired) electrons. The van der Waals surface area contributed by atoms with E-state index in [0.29, 0.717) is 38.9 Å². The van der Waals surface area contributed by atoms with Crippen molar-refractivity contribution in [3.05, 3.63) is 36.0 Å². The van der Waals surface area contributed by atoms with Crippen LogP contribution in [0.2, 0.25) is 0 Å². The minimum absolute atomic E-state index is 0.00538. The Morgan fingerprint density at radius 1 is 1.15 bits per heavy atom. The molecule has 8 heteroatoms. The first-order valence-electron chi connectivity index (χ1n) is 12.3. The molecule has 2 aromatic rings. The highest BCUT2D eigenvalue weighted by Crippen LogP contribution is 2.40. The van der Waals surface area contributed by atoms with Gasteiger partial charge in [-0.05, 0) is 44.9 Å². The predicted octanol–water partition coefficient (Wildman–Crippen LogP) is 3.73. The van der Waals surface area contributed by atoms with Gasteiger partial charge in [0, 0.05) is 43.7 Å². The van der Waals surface area contributed by atoms with Crippen LogP contribution < -0.4 is 19.1 Å². The van der Waals surface area contributed by atoms with Crippen molar-refractivity contribution in [1.82, 2.24) is 9.88 Å². The first-order chi connectivity index (χ1) is 16.6. The molecule has 0 unspecified atom stereocenters. The summed E-state index contributed by atoms with van der Waals surface area (Å²) in [7, 11) is 0. The van der Waals surface area contributed by atoms with Gasteiger partial charge in [0.05, 0.1) is 37.3 Å². The zero-order chi connectivity index (χ0) is 23.5. The molecular formula is C26H33N3O5. The van der Waals surface area contributed by atoms with Crippen molar-refractivity contribution < 1.29 is 23.7 Å². The van der Waals surface area contributed by atoms with Gasteiger partial charge in [0.15, 0.2) is 0 Å². The molecule has 182 valence electrons. The average Bonchev–Trinajstić information content (AvgIpc) is 3.33. The summed E-state index contributed by atoms with van der Waals surface area (Å²) in [6, 6.07) is 8.04. The number of hydrogen-bond acceptors (Lipinski definition) is 7. The van der Waals surface area contributed by atoms with E-state index in [-0.39, 0.29) is 17.9 Å². The summed E-state index contributed by atoms with van der Waals surface area (Å²) in [6.07, 6.45) is 4.32. The number of ether oxygens (including phenoxy) is 4. The van der Waals surface area contributed by atoms with Crippen molar-refractivity contribution in [2.24, 2.45) is 5.92 Å². The van der Waals surface area contributed by atoms with E-state index >= 15 is 0 Å². The largest absolute Gasteiger partial charge is 0.490 e. The van der Waals surface area contributed by atoms with Crippen molar-refractivity contribution in [1.29, 1.82) is 0 Å². The number of benzene rings is 1. The van der Waals surface area contributed by atoms with E-state index in [1.165, 1.54) is 0 Å². The summed E-state index contributed by atoms with van der Waals surface area (Å²) in [5.41, 5.74) is 2.96. The van der Waals surface area contributed by atoms with E-state index in [1.54, 1.807) is 0 Å². The highest BCUT2D eigenvalue weighted by Gasteiger charge is 2.33. The van der Waals surface area contributed by atoms with Gasteiger partial charge < -0.3 is 28.7 Å². The molecule has 1 atom stereocenters. The molecular weight excluding hydrogens is 434 g/mol. The SMILES string of the molecule is CCOc1ncc(N2CCOc3ccc(O[C@H]4CCN(C(=O)C5CCOCC5)C4)cc32)cc1C. The van der Waals surface area contributed by atoms with Crippen molar-refractivity contribution in [3.63, 3.8) is 0 Å². The van der Waals surface area contributed by atoms with Crippen LogP contribution >= 0.6 is 0 Å². The molecule has 0 spiro atoms. The van der Waals surface area contributed by atoms with Gasteiger partial charge in [-0.3, -0.25) is 4.79 Å². The van der Waals surface area contributed by atoms with Crippen LogP contribution in [0.1, 0.15) is 31.7 Å². The molecule has 3 aliphatic heterocycles. The second-order valence-electron chi connectivity index (χ2n) is 9.08. The number of anilines is 2. The number of nitrogens with zero attached hydrogens (tertiary/aromatic N) is 3. The van der Waals surface area contributed by atoms with Gasteiger partial charge in [-0.1, -0.05) is 0 Å². The maximum atomic E-state index is 12.9. The average molecular weight is 468 g/mol. The molecule has 8 nitrogen and oxygen atoms in total. The van der Waals surface area contributed by atoms with Crippen LogP contribution in [0, 0.1) is 12.8 Å². The van der Waals surface area contributed by atoms with E-state index in [4.69, 9.17) is 18.9 Å². The van der Waals surface area contributed by atoms with Crippen molar-refractivity contribution >= 4 is 17.3 Å². The van der Waals surface area contributed by atoms with Crippen LogP contribution in [0.25, 0.3) is 0 Å². The predicted molar refractivity (Wildman–Crippen MR) is 128 cm³/mol. The maximum Gasteiger partial charge on any atom is 0.225 e.